The highest BCUT2D eigenvalue weighted by Crippen LogP contribution is 2.33. The van der Waals surface area contributed by atoms with Gasteiger partial charge in [-0.05, 0) is 36.4 Å². The molecule has 3 rings (SSSR count). The van der Waals surface area contributed by atoms with E-state index < -0.39 is 0 Å². The number of nitrogens with one attached hydrogen (secondary N) is 1. The zero-order chi connectivity index (χ0) is 20.1. The van der Waals surface area contributed by atoms with Crippen molar-refractivity contribution in [2.24, 2.45) is 0 Å². The molecule has 3 nitrogen and oxygen atoms in total. The third kappa shape index (κ3) is 5.39. The molecule has 0 aromatic heterocycles. The van der Waals surface area contributed by atoms with Crippen molar-refractivity contribution in [2.45, 2.75) is 13.2 Å². The molecule has 3 aromatic carbocycles. The Bertz CT molecular complexity index is 958. The highest BCUT2D eigenvalue weighted by Gasteiger charge is 2.12. The van der Waals surface area contributed by atoms with Crippen LogP contribution in [-0.4, -0.2) is 7.11 Å². The third-order valence-electron chi connectivity index (χ3n) is 4.01. The van der Waals surface area contributed by atoms with Crippen LogP contribution in [0, 0.1) is 0 Å². The second-order valence-electron chi connectivity index (χ2n) is 5.98. The number of rotatable bonds is 7. The summed E-state index contributed by atoms with van der Waals surface area (Å²) in [7, 11) is 1.60. The van der Waals surface area contributed by atoms with Crippen molar-refractivity contribution in [1.29, 1.82) is 0 Å². The molecule has 0 aliphatic rings. The summed E-state index contributed by atoms with van der Waals surface area (Å²) < 4.78 is 11.5. The second kappa shape index (κ2) is 9.62. The van der Waals surface area contributed by atoms with Crippen LogP contribution in [0.15, 0.2) is 54.6 Å². The first-order valence-corrected chi connectivity index (χ1v) is 9.90. The number of methoxy groups -OCH3 is 1. The van der Waals surface area contributed by atoms with Gasteiger partial charge >= 0.3 is 0 Å². The minimum absolute atomic E-state index is 0.284. The fourth-order valence-electron chi connectivity index (χ4n) is 2.67. The van der Waals surface area contributed by atoms with Crippen LogP contribution in [0.25, 0.3) is 0 Å². The lowest BCUT2D eigenvalue weighted by atomic mass is 10.1. The van der Waals surface area contributed by atoms with Crippen LogP contribution in [0.2, 0.25) is 20.1 Å². The highest BCUT2D eigenvalue weighted by molar-refractivity contribution is 6.35. The molecule has 0 spiro atoms. The highest BCUT2D eigenvalue weighted by atomic mass is 35.5. The first-order chi connectivity index (χ1) is 13.5. The lowest BCUT2D eigenvalue weighted by molar-refractivity contribution is 0.282. The van der Waals surface area contributed by atoms with Gasteiger partial charge in [0.15, 0.2) is 11.5 Å². The van der Waals surface area contributed by atoms with E-state index in [1.807, 2.05) is 36.4 Å². The molecule has 0 heterocycles. The molecule has 0 radical (unpaired) electrons. The number of para-hydroxylation sites is 1. The molecule has 0 aliphatic heterocycles. The standard InChI is InChI=1S/C21H17Cl4NO2/c1-27-20-4-2-3-13(11-26-18-8-16(23)7-17(24)9-18)21(20)28-12-14-5-6-15(22)10-19(14)25/h2-10,26H,11-12H2,1H3. The van der Waals surface area contributed by atoms with Gasteiger partial charge in [-0.3, -0.25) is 0 Å². The second-order valence-corrected chi connectivity index (χ2v) is 7.70. The van der Waals surface area contributed by atoms with Crippen molar-refractivity contribution < 1.29 is 9.47 Å². The molecule has 0 atom stereocenters. The fraction of sp³-hybridized carbons (Fsp3) is 0.143. The zero-order valence-electron chi connectivity index (χ0n) is 14.9. The number of ether oxygens (including phenoxy) is 2. The largest absolute Gasteiger partial charge is 0.493 e. The SMILES string of the molecule is COc1cccc(CNc2cc(Cl)cc(Cl)c2)c1OCc1ccc(Cl)cc1Cl. The van der Waals surface area contributed by atoms with Crippen molar-refractivity contribution in [3.63, 3.8) is 0 Å². The molecule has 0 bridgehead atoms. The van der Waals surface area contributed by atoms with Crippen molar-refractivity contribution in [3.05, 3.63) is 85.8 Å². The van der Waals surface area contributed by atoms with Gasteiger partial charge in [0.2, 0.25) is 0 Å². The molecule has 1 N–H and O–H groups in total. The van der Waals surface area contributed by atoms with Crippen LogP contribution in [0.3, 0.4) is 0 Å². The van der Waals surface area contributed by atoms with E-state index in [0.29, 0.717) is 38.1 Å². The van der Waals surface area contributed by atoms with Crippen LogP contribution in [0.1, 0.15) is 11.1 Å². The number of benzene rings is 3. The van der Waals surface area contributed by atoms with E-state index in [9.17, 15) is 0 Å². The van der Waals surface area contributed by atoms with Gasteiger partial charge in [-0.1, -0.05) is 64.6 Å². The Morgan fingerprint density at radius 2 is 1.57 bits per heavy atom. The Balaban J connectivity index is 1.79. The molecule has 146 valence electrons. The maximum Gasteiger partial charge on any atom is 0.166 e. The Kier molecular flexibility index (Phi) is 7.19. The van der Waals surface area contributed by atoms with E-state index in [4.69, 9.17) is 55.9 Å². The predicted octanol–water partition coefficient (Wildman–Crippen LogP) is 7.50. The Labute approximate surface area is 184 Å². The molecule has 0 unspecified atom stereocenters. The van der Waals surface area contributed by atoms with E-state index in [1.54, 1.807) is 25.3 Å². The smallest absolute Gasteiger partial charge is 0.166 e. The number of halogens is 4. The van der Waals surface area contributed by atoms with Crippen LogP contribution < -0.4 is 14.8 Å². The summed E-state index contributed by atoms with van der Waals surface area (Å²) in [6.45, 7) is 0.782. The van der Waals surface area contributed by atoms with Crippen LogP contribution in [0.5, 0.6) is 11.5 Å². The van der Waals surface area contributed by atoms with Crippen LogP contribution >= 0.6 is 46.4 Å². The lowest BCUT2D eigenvalue weighted by Gasteiger charge is -2.17. The monoisotopic (exact) mass is 455 g/mol. The van der Waals surface area contributed by atoms with Gasteiger partial charge in [0.25, 0.3) is 0 Å². The van der Waals surface area contributed by atoms with Crippen molar-refractivity contribution >= 4 is 52.1 Å². The van der Waals surface area contributed by atoms with Gasteiger partial charge in [-0.25, -0.2) is 0 Å². The number of anilines is 1. The first kappa shape index (κ1) is 20.9. The molecular weight excluding hydrogens is 440 g/mol. The third-order valence-corrected chi connectivity index (χ3v) is 5.04. The summed E-state index contributed by atoms with van der Waals surface area (Å²) in [6, 6.07) is 16.3. The summed E-state index contributed by atoms with van der Waals surface area (Å²) in [5.74, 6) is 1.27. The molecular formula is C21H17Cl4NO2. The average Bonchev–Trinajstić information content (AvgIpc) is 2.65. The lowest BCUT2D eigenvalue weighted by Crippen LogP contribution is -2.05. The van der Waals surface area contributed by atoms with Gasteiger partial charge in [0.1, 0.15) is 6.61 Å². The fourth-order valence-corrected chi connectivity index (χ4v) is 3.66. The summed E-state index contributed by atoms with van der Waals surface area (Å²) in [6.07, 6.45) is 0. The van der Waals surface area contributed by atoms with Gasteiger partial charge in [-0.2, -0.15) is 0 Å². The van der Waals surface area contributed by atoms with Crippen LogP contribution in [-0.2, 0) is 13.2 Å². The van der Waals surface area contributed by atoms with E-state index in [0.717, 1.165) is 16.8 Å². The van der Waals surface area contributed by atoms with Gasteiger partial charge in [0, 0.05) is 43.4 Å². The summed E-state index contributed by atoms with van der Waals surface area (Å²) in [5, 5.41) is 5.56. The molecule has 28 heavy (non-hydrogen) atoms. The molecule has 0 amide bonds. The maximum absolute atomic E-state index is 6.25. The Hall–Kier alpha value is -1.78. The maximum atomic E-state index is 6.25. The summed E-state index contributed by atoms with van der Waals surface area (Å²) in [4.78, 5) is 0. The van der Waals surface area contributed by atoms with Crippen LogP contribution in [0.4, 0.5) is 5.69 Å². The van der Waals surface area contributed by atoms with E-state index in [2.05, 4.69) is 5.32 Å². The normalized spacial score (nSPS) is 10.6. The molecule has 0 aliphatic carbocycles. The molecule has 3 aromatic rings. The van der Waals surface area contributed by atoms with E-state index >= 15 is 0 Å². The summed E-state index contributed by atoms with van der Waals surface area (Å²) >= 11 is 24.3. The van der Waals surface area contributed by atoms with E-state index in [1.165, 1.54) is 0 Å². The van der Waals surface area contributed by atoms with Crippen molar-refractivity contribution in [1.82, 2.24) is 0 Å². The molecule has 7 heteroatoms. The van der Waals surface area contributed by atoms with Crippen molar-refractivity contribution in [3.8, 4) is 11.5 Å². The Morgan fingerprint density at radius 1 is 0.821 bits per heavy atom. The van der Waals surface area contributed by atoms with Gasteiger partial charge in [-0.15, -0.1) is 0 Å². The summed E-state index contributed by atoms with van der Waals surface area (Å²) in [5.41, 5.74) is 2.56. The van der Waals surface area contributed by atoms with Gasteiger partial charge < -0.3 is 14.8 Å². The molecule has 0 saturated heterocycles. The van der Waals surface area contributed by atoms with Gasteiger partial charge in [0.05, 0.1) is 7.11 Å². The average molecular weight is 457 g/mol. The topological polar surface area (TPSA) is 30.5 Å². The van der Waals surface area contributed by atoms with Crippen molar-refractivity contribution in [2.75, 3.05) is 12.4 Å². The number of hydrogen-bond donors (Lipinski definition) is 1. The molecule has 0 fully saturated rings. The van der Waals surface area contributed by atoms with E-state index in [-0.39, 0.29) is 6.61 Å². The zero-order valence-corrected chi connectivity index (χ0v) is 18.0. The predicted molar refractivity (Wildman–Crippen MR) is 118 cm³/mol. The quantitative estimate of drug-likeness (QED) is 0.399. The minimum atomic E-state index is 0.284. The number of hydrogen-bond acceptors (Lipinski definition) is 3. The Morgan fingerprint density at radius 3 is 2.25 bits per heavy atom. The first-order valence-electron chi connectivity index (χ1n) is 8.39. The molecule has 0 saturated carbocycles. The minimum Gasteiger partial charge on any atom is -0.493 e.